The van der Waals surface area contributed by atoms with Gasteiger partial charge in [0.05, 0.1) is 19.7 Å². The molecule has 72 valence electrons. The van der Waals surface area contributed by atoms with Gasteiger partial charge in [0.25, 0.3) is 0 Å². The van der Waals surface area contributed by atoms with Crippen molar-refractivity contribution in [2.75, 3.05) is 47.2 Å². The second kappa shape index (κ2) is 4.80. The highest BCUT2D eigenvalue weighted by molar-refractivity contribution is 4.52. The van der Waals surface area contributed by atoms with E-state index in [0.29, 0.717) is 0 Å². The Morgan fingerprint density at radius 3 is 2.25 bits per heavy atom. The molecular formula is C9H20NO2+. The van der Waals surface area contributed by atoms with Crippen molar-refractivity contribution in [3.63, 3.8) is 0 Å². The molecule has 3 heteroatoms. The van der Waals surface area contributed by atoms with Crippen LogP contribution in [0.3, 0.4) is 0 Å². The van der Waals surface area contributed by atoms with Crippen LogP contribution < -0.4 is 0 Å². The SMILES string of the molecule is COCC[N+]1(COC)CCCC1. The summed E-state index contributed by atoms with van der Waals surface area (Å²) in [6.45, 7) is 5.32. The molecule has 0 bridgehead atoms. The third-order valence-electron chi connectivity index (χ3n) is 2.69. The molecule has 1 aliphatic rings. The first-order valence-electron chi connectivity index (χ1n) is 4.66. The number of likely N-dealkylation sites (tertiary alicyclic amines) is 1. The standard InChI is InChI=1S/C9H20NO2/c1-11-8-7-10(9-12-2)5-3-4-6-10/h3-9H2,1-2H3/q+1. The van der Waals surface area contributed by atoms with Gasteiger partial charge in [-0.1, -0.05) is 0 Å². The van der Waals surface area contributed by atoms with Gasteiger partial charge >= 0.3 is 0 Å². The van der Waals surface area contributed by atoms with E-state index in [-0.39, 0.29) is 0 Å². The lowest BCUT2D eigenvalue weighted by Gasteiger charge is -2.32. The molecule has 0 N–H and O–H groups in total. The minimum absolute atomic E-state index is 0.851. The Morgan fingerprint density at radius 1 is 1.08 bits per heavy atom. The Bertz CT molecular complexity index is 122. The van der Waals surface area contributed by atoms with Crippen molar-refractivity contribution in [2.45, 2.75) is 12.8 Å². The van der Waals surface area contributed by atoms with Crippen molar-refractivity contribution in [1.82, 2.24) is 0 Å². The van der Waals surface area contributed by atoms with E-state index >= 15 is 0 Å². The fraction of sp³-hybridized carbons (Fsp3) is 1.00. The summed E-state index contributed by atoms with van der Waals surface area (Å²) < 4.78 is 11.4. The van der Waals surface area contributed by atoms with Gasteiger partial charge in [-0.15, -0.1) is 0 Å². The second-order valence-corrected chi connectivity index (χ2v) is 3.63. The number of quaternary nitrogens is 1. The molecule has 0 saturated carbocycles. The summed E-state index contributed by atoms with van der Waals surface area (Å²) in [6, 6.07) is 0. The minimum atomic E-state index is 0.851. The van der Waals surface area contributed by atoms with Crippen molar-refractivity contribution in [1.29, 1.82) is 0 Å². The minimum Gasteiger partial charge on any atom is -0.379 e. The molecule has 0 amide bonds. The third-order valence-corrected chi connectivity index (χ3v) is 2.69. The van der Waals surface area contributed by atoms with Gasteiger partial charge in [0.15, 0.2) is 6.73 Å². The Hall–Kier alpha value is -0.120. The number of methoxy groups -OCH3 is 2. The summed E-state index contributed by atoms with van der Waals surface area (Å²) >= 11 is 0. The van der Waals surface area contributed by atoms with Crippen LogP contribution in [-0.4, -0.2) is 51.7 Å². The van der Waals surface area contributed by atoms with E-state index < -0.39 is 0 Å². The lowest BCUT2D eigenvalue weighted by molar-refractivity contribution is -0.934. The molecule has 0 spiro atoms. The van der Waals surface area contributed by atoms with Crippen LogP contribution in [0.25, 0.3) is 0 Å². The Kier molecular flexibility index (Phi) is 3.98. The normalized spacial score (nSPS) is 21.5. The number of ether oxygens (including phenoxy) is 2. The van der Waals surface area contributed by atoms with Crippen LogP contribution in [-0.2, 0) is 9.47 Å². The first-order valence-corrected chi connectivity index (χ1v) is 4.66. The van der Waals surface area contributed by atoms with Crippen LogP contribution >= 0.6 is 0 Å². The zero-order valence-electron chi connectivity index (χ0n) is 8.21. The van der Waals surface area contributed by atoms with Crippen molar-refractivity contribution in [2.24, 2.45) is 0 Å². The Balaban J connectivity index is 2.35. The predicted octanol–water partition coefficient (Wildman–Crippen LogP) is 0.847. The summed E-state index contributed by atoms with van der Waals surface area (Å²) in [5.74, 6) is 0. The van der Waals surface area contributed by atoms with Crippen LogP contribution in [0.1, 0.15) is 12.8 Å². The number of hydrogen-bond donors (Lipinski definition) is 0. The molecule has 1 fully saturated rings. The Morgan fingerprint density at radius 2 is 1.75 bits per heavy atom. The summed E-state index contributed by atoms with van der Waals surface area (Å²) in [5.41, 5.74) is 0. The highest BCUT2D eigenvalue weighted by atomic mass is 16.5. The largest absolute Gasteiger partial charge is 0.379 e. The average molecular weight is 174 g/mol. The molecule has 0 aromatic carbocycles. The predicted molar refractivity (Wildman–Crippen MR) is 47.8 cm³/mol. The molecule has 1 aliphatic heterocycles. The molecule has 0 aromatic heterocycles. The van der Waals surface area contributed by atoms with Crippen LogP contribution in [0.4, 0.5) is 0 Å². The lowest BCUT2D eigenvalue weighted by Crippen LogP contribution is -2.48. The molecule has 0 radical (unpaired) electrons. The monoisotopic (exact) mass is 174 g/mol. The molecule has 0 unspecified atom stereocenters. The maximum absolute atomic E-state index is 5.24. The van der Waals surface area contributed by atoms with E-state index in [1.165, 1.54) is 25.9 Å². The molecule has 0 atom stereocenters. The van der Waals surface area contributed by atoms with E-state index in [1.54, 1.807) is 14.2 Å². The molecule has 3 nitrogen and oxygen atoms in total. The summed E-state index contributed by atoms with van der Waals surface area (Å²) in [5, 5.41) is 0. The summed E-state index contributed by atoms with van der Waals surface area (Å²) in [4.78, 5) is 0. The molecule has 0 aromatic rings. The van der Waals surface area contributed by atoms with E-state index in [2.05, 4.69) is 0 Å². The van der Waals surface area contributed by atoms with Crippen molar-refractivity contribution >= 4 is 0 Å². The van der Waals surface area contributed by atoms with E-state index in [0.717, 1.165) is 24.4 Å². The molecule has 1 saturated heterocycles. The molecule has 1 rings (SSSR count). The van der Waals surface area contributed by atoms with Gasteiger partial charge in [-0.3, -0.25) is 4.48 Å². The topological polar surface area (TPSA) is 18.5 Å². The van der Waals surface area contributed by atoms with Gasteiger partial charge in [-0.2, -0.15) is 0 Å². The first kappa shape index (κ1) is 9.96. The van der Waals surface area contributed by atoms with Crippen LogP contribution in [0.15, 0.2) is 0 Å². The van der Waals surface area contributed by atoms with Gasteiger partial charge in [-0.05, 0) is 0 Å². The molecular weight excluding hydrogens is 154 g/mol. The van der Waals surface area contributed by atoms with Crippen molar-refractivity contribution < 1.29 is 14.0 Å². The first-order chi connectivity index (χ1) is 5.83. The number of nitrogens with zero attached hydrogens (tertiary/aromatic N) is 1. The Labute approximate surface area is 74.8 Å². The summed E-state index contributed by atoms with van der Waals surface area (Å²) in [6.07, 6.45) is 2.68. The van der Waals surface area contributed by atoms with Gasteiger partial charge in [-0.25, -0.2) is 0 Å². The molecule has 12 heavy (non-hydrogen) atoms. The average Bonchev–Trinajstić information content (AvgIpc) is 2.51. The van der Waals surface area contributed by atoms with Gasteiger partial charge in [0, 0.05) is 27.1 Å². The maximum atomic E-state index is 5.24. The van der Waals surface area contributed by atoms with Crippen molar-refractivity contribution in [3.05, 3.63) is 0 Å². The van der Waals surface area contributed by atoms with Crippen LogP contribution in [0, 0.1) is 0 Å². The van der Waals surface area contributed by atoms with Crippen molar-refractivity contribution in [3.8, 4) is 0 Å². The van der Waals surface area contributed by atoms with E-state index in [1.807, 2.05) is 0 Å². The third kappa shape index (κ3) is 2.44. The second-order valence-electron chi connectivity index (χ2n) is 3.63. The smallest absolute Gasteiger partial charge is 0.182 e. The van der Waals surface area contributed by atoms with Gasteiger partial charge < -0.3 is 9.47 Å². The van der Waals surface area contributed by atoms with E-state index in [9.17, 15) is 0 Å². The fourth-order valence-electron chi connectivity index (χ4n) is 1.98. The summed E-state index contributed by atoms with van der Waals surface area (Å²) in [7, 11) is 3.55. The highest BCUT2D eigenvalue weighted by Crippen LogP contribution is 2.18. The maximum Gasteiger partial charge on any atom is 0.182 e. The fourth-order valence-corrected chi connectivity index (χ4v) is 1.98. The zero-order valence-corrected chi connectivity index (χ0v) is 8.21. The highest BCUT2D eigenvalue weighted by Gasteiger charge is 2.31. The zero-order chi connectivity index (χ0) is 8.86. The number of hydrogen-bond acceptors (Lipinski definition) is 2. The van der Waals surface area contributed by atoms with Crippen LogP contribution in [0.2, 0.25) is 0 Å². The quantitative estimate of drug-likeness (QED) is 0.575. The van der Waals surface area contributed by atoms with Gasteiger partial charge in [0.2, 0.25) is 0 Å². The van der Waals surface area contributed by atoms with Crippen LogP contribution in [0.5, 0.6) is 0 Å². The van der Waals surface area contributed by atoms with Gasteiger partial charge in [0.1, 0.15) is 6.54 Å². The lowest BCUT2D eigenvalue weighted by atomic mass is 10.4. The number of rotatable bonds is 5. The van der Waals surface area contributed by atoms with E-state index in [4.69, 9.17) is 9.47 Å². The molecule has 0 aliphatic carbocycles. The molecule has 1 heterocycles.